The second kappa shape index (κ2) is 13.4. The van der Waals surface area contributed by atoms with Crippen molar-refractivity contribution in [3.8, 4) is 0 Å². The van der Waals surface area contributed by atoms with Gasteiger partial charge in [0.15, 0.2) is 0 Å². The maximum atomic E-state index is 2.75. The number of anilines is 1. The highest BCUT2D eigenvalue weighted by Gasteiger charge is 2.25. The van der Waals surface area contributed by atoms with Crippen LogP contribution in [0.3, 0.4) is 0 Å². The van der Waals surface area contributed by atoms with Gasteiger partial charge in [-0.2, -0.15) is 0 Å². The smallest absolute Gasteiger partial charge is 0.0494 e. The van der Waals surface area contributed by atoms with Gasteiger partial charge in [0, 0.05) is 88.6 Å². The molecule has 4 nitrogen and oxygen atoms in total. The maximum absolute atomic E-state index is 2.75. The number of nitrogens with zero attached hydrogens (tertiary/aromatic N) is 4. The highest BCUT2D eigenvalue weighted by Crippen LogP contribution is 2.37. The largest absolute Gasteiger partial charge is 0.369 e. The Kier molecular flexibility index (Phi) is 8.97. The lowest BCUT2D eigenvalue weighted by Gasteiger charge is -2.40. The Hall–Kier alpha value is -3.93. The van der Waals surface area contributed by atoms with Gasteiger partial charge >= 0.3 is 0 Å². The lowest BCUT2D eigenvalue weighted by molar-refractivity contribution is 0.182. The zero-order valence-corrected chi connectivity index (χ0v) is 28.5. The molecule has 0 spiro atoms. The van der Waals surface area contributed by atoms with Gasteiger partial charge in [0.25, 0.3) is 0 Å². The van der Waals surface area contributed by atoms with Gasteiger partial charge in [0.2, 0.25) is 0 Å². The van der Waals surface area contributed by atoms with Crippen LogP contribution in [0, 0.1) is 0 Å². The van der Waals surface area contributed by atoms with E-state index in [1.807, 2.05) is 11.8 Å². The summed E-state index contributed by atoms with van der Waals surface area (Å²) < 4.78 is 4.78. The molecule has 3 heterocycles. The molecular weight excluding hydrogens is 581 g/mol. The normalized spacial score (nSPS) is 15.0. The molecular formula is C41H46N4S. The summed E-state index contributed by atoms with van der Waals surface area (Å²) >= 11 is 1.90. The SMILES string of the molecule is CC(C)n1ccc2cc(CC(Cc3cccc(Sc4cn(C(C)C)c5ccccc45)c3)N3CCN(c4ccccc4)CC3)ccc21. The van der Waals surface area contributed by atoms with Crippen LogP contribution in [-0.4, -0.2) is 46.3 Å². The molecule has 0 radical (unpaired) electrons. The zero-order chi connectivity index (χ0) is 31.6. The summed E-state index contributed by atoms with van der Waals surface area (Å²) in [5.74, 6) is 0. The van der Waals surface area contributed by atoms with Crippen LogP contribution in [0.1, 0.15) is 50.9 Å². The first kappa shape index (κ1) is 30.7. The predicted octanol–water partition coefficient (Wildman–Crippen LogP) is 9.88. The summed E-state index contributed by atoms with van der Waals surface area (Å²) in [6, 6.07) is 39.7. The minimum absolute atomic E-state index is 0.428. The van der Waals surface area contributed by atoms with Crippen molar-refractivity contribution >= 4 is 39.3 Å². The molecule has 2 aromatic heterocycles. The van der Waals surface area contributed by atoms with E-state index < -0.39 is 0 Å². The van der Waals surface area contributed by atoms with Gasteiger partial charge in [-0.25, -0.2) is 0 Å². The molecule has 1 unspecified atom stereocenters. The molecule has 1 aliphatic rings. The molecule has 7 rings (SSSR count). The summed E-state index contributed by atoms with van der Waals surface area (Å²) in [5, 5.41) is 2.68. The summed E-state index contributed by atoms with van der Waals surface area (Å²) in [6.07, 6.45) is 6.66. The van der Waals surface area contributed by atoms with E-state index in [0.717, 1.165) is 39.0 Å². The average molecular weight is 627 g/mol. The molecule has 236 valence electrons. The Morgan fingerprint density at radius 3 is 2.11 bits per heavy atom. The minimum atomic E-state index is 0.428. The number of hydrogen-bond acceptors (Lipinski definition) is 3. The van der Waals surface area contributed by atoms with Crippen molar-refractivity contribution in [2.75, 3.05) is 31.1 Å². The van der Waals surface area contributed by atoms with Crippen LogP contribution in [0.25, 0.3) is 21.8 Å². The molecule has 1 aliphatic heterocycles. The van der Waals surface area contributed by atoms with E-state index in [4.69, 9.17) is 0 Å². The van der Waals surface area contributed by atoms with Crippen molar-refractivity contribution in [1.82, 2.24) is 14.0 Å². The van der Waals surface area contributed by atoms with E-state index in [1.54, 1.807) is 0 Å². The number of piperazine rings is 1. The fourth-order valence-electron chi connectivity index (χ4n) is 7.19. The van der Waals surface area contributed by atoms with Crippen molar-refractivity contribution in [3.05, 3.63) is 127 Å². The third-order valence-electron chi connectivity index (χ3n) is 9.62. The highest BCUT2D eigenvalue weighted by atomic mass is 32.2. The fourth-order valence-corrected chi connectivity index (χ4v) is 8.25. The Morgan fingerprint density at radius 1 is 0.630 bits per heavy atom. The van der Waals surface area contributed by atoms with Crippen molar-refractivity contribution < 1.29 is 0 Å². The topological polar surface area (TPSA) is 16.3 Å². The number of para-hydroxylation sites is 2. The molecule has 1 atom stereocenters. The van der Waals surface area contributed by atoms with E-state index in [-0.39, 0.29) is 0 Å². The van der Waals surface area contributed by atoms with Gasteiger partial charge in [-0.1, -0.05) is 66.4 Å². The molecule has 4 aromatic carbocycles. The van der Waals surface area contributed by atoms with E-state index in [9.17, 15) is 0 Å². The van der Waals surface area contributed by atoms with E-state index in [1.165, 1.54) is 48.4 Å². The third kappa shape index (κ3) is 6.49. The predicted molar refractivity (Wildman–Crippen MR) is 197 cm³/mol. The Bertz CT molecular complexity index is 1910. The Morgan fingerprint density at radius 2 is 1.35 bits per heavy atom. The number of fused-ring (bicyclic) bond motifs is 2. The lowest BCUT2D eigenvalue weighted by Crippen LogP contribution is -2.51. The van der Waals surface area contributed by atoms with Crippen molar-refractivity contribution in [2.45, 2.75) is 68.5 Å². The molecule has 0 amide bonds. The fraction of sp³-hybridized carbons (Fsp3) is 0.317. The van der Waals surface area contributed by atoms with E-state index >= 15 is 0 Å². The second-order valence-electron chi connectivity index (χ2n) is 13.4. The monoisotopic (exact) mass is 626 g/mol. The van der Waals surface area contributed by atoms with Crippen molar-refractivity contribution in [3.63, 3.8) is 0 Å². The van der Waals surface area contributed by atoms with Gasteiger partial charge in [0.1, 0.15) is 0 Å². The third-order valence-corrected chi connectivity index (χ3v) is 10.7. The van der Waals surface area contributed by atoms with E-state index in [0.29, 0.717) is 18.1 Å². The summed E-state index contributed by atoms with van der Waals surface area (Å²) in [4.78, 5) is 7.93. The van der Waals surface area contributed by atoms with Crippen LogP contribution in [0.2, 0.25) is 0 Å². The maximum Gasteiger partial charge on any atom is 0.0494 e. The highest BCUT2D eigenvalue weighted by molar-refractivity contribution is 7.99. The molecule has 0 saturated carbocycles. The summed E-state index contributed by atoms with van der Waals surface area (Å²) in [5.41, 5.74) is 6.82. The van der Waals surface area contributed by atoms with Crippen LogP contribution >= 0.6 is 11.8 Å². The van der Waals surface area contributed by atoms with Gasteiger partial charge in [-0.05, 0) is 106 Å². The average Bonchev–Trinajstić information content (AvgIpc) is 3.67. The van der Waals surface area contributed by atoms with Gasteiger partial charge in [-0.3, -0.25) is 4.90 Å². The minimum Gasteiger partial charge on any atom is -0.369 e. The van der Waals surface area contributed by atoms with Gasteiger partial charge in [0.05, 0.1) is 0 Å². The quantitative estimate of drug-likeness (QED) is 0.151. The lowest BCUT2D eigenvalue weighted by atomic mass is 9.96. The molecule has 6 aromatic rings. The molecule has 5 heteroatoms. The van der Waals surface area contributed by atoms with Crippen LogP contribution in [-0.2, 0) is 12.8 Å². The van der Waals surface area contributed by atoms with E-state index in [2.05, 4.69) is 162 Å². The second-order valence-corrected chi connectivity index (χ2v) is 14.5. The van der Waals surface area contributed by atoms with Gasteiger partial charge in [-0.15, -0.1) is 0 Å². The zero-order valence-electron chi connectivity index (χ0n) is 27.6. The van der Waals surface area contributed by atoms with Gasteiger partial charge < -0.3 is 14.0 Å². The molecule has 1 fully saturated rings. The van der Waals surface area contributed by atoms with Crippen LogP contribution in [0.15, 0.2) is 125 Å². The number of rotatable bonds is 10. The first-order valence-electron chi connectivity index (χ1n) is 16.9. The van der Waals surface area contributed by atoms with Crippen molar-refractivity contribution in [2.24, 2.45) is 0 Å². The molecule has 0 N–H and O–H groups in total. The Labute approximate surface area is 278 Å². The molecule has 0 bridgehead atoms. The van der Waals surface area contributed by atoms with Crippen LogP contribution < -0.4 is 4.90 Å². The molecule has 46 heavy (non-hydrogen) atoms. The number of benzene rings is 4. The first-order valence-corrected chi connectivity index (χ1v) is 17.7. The Balaban J connectivity index is 1.14. The number of hydrogen-bond donors (Lipinski definition) is 0. The van der Waals surface area contributed by atoms with Crippen LogP contribution in [0.5, 0.6) is 0 Å². The first-order chi connectivity index (χ1) is 22.4. The number of aromatic nitrogens is 2. The standard InChI is InChI=1S/C41H46N4S/c1-30(2)44-20-19-34-25-33(17-18-39(34)44)27-36(43-23-21-42(22-24-43)35-12-6-5-7-13-35)26-32-11-10-14-37(28-32)46-41-29-45(31(3)4)40-16-9-8-15-38(40)41/h5-20,25,28-31,36H,21-24,26-27H2,1-4H3. The molecule has 0 aliphatic carbocycles. The van der Waals surface area contributed by atoms with Crippen molar-refractivity contribution in [1.29, 1.82) is 0 Å². The molecule has 1 saturated heterocycles. The summed E-state index contributed by atoms with van der Waals surface area (Å²) in [7, 11) is 0. The van der Waals surface area contributed by atoms with Crippen LogP contribution in [0.4, 0.5) is 5.69 Å². The summed E-state index contributed by atoms with van der Waals surface area (Å²) in [6.45, 7) is 13.3.